The SMILES string of the molecule is CC(C)(c1ccccc1)c1cc(-c2cc3c(cn2)oc2cc4ccccc4cc23)cc(-c2cccc3c2nc(-c2ccccc2O)n3-c2ccccc2)c1. The standard InChI is InChI=1S/C49H35N3O2/c1-49(2,35-16-5-3-6-17-35)36-25-33(24-34(26-36)42-29-41-40-27-31-14-9-10-15-32(31)28-45(40)54-46(41)30-50-42)38-21-13-22-43-47(38)51-48(39-20-11-12-23-44(39)53)52(43)37-18-7-4-8-19-37/h3-30,53H,1-2H3. The molecule has 0 fully saturated rings. The van der Waals surface area contributed by atoms with E-state index in [0.29, 0.717) is 11.4 Å². The topological polar surface area (TPSA) is 64.1 Å². The summed E-state index contributed by atoms with van der Waals surface area (Å²) >= 11 is 0. The fourth-order valence-electron chi connectivity index (χ4n) is 7.85. The van der Waals surface area contributed by atoms with Crippen LogP contribution in [0, 0.1) is 0 Å². The number of furan rings is 1. The number of hydrogen-bond donors (Lipinski definition) is 1. The van der Waals surface area contributed by atoms with Crippen molar-refractivity contribution in [2.45, 2.75) is 19.3 Å². The van der Waals surface area contributed by atoms with Gasteiger partial charge < -0.3 is 9.52 Å². The van der Waals surface area contributed by atoms with Crippen molar-refractivity contribution < 1.29 is 9.52 Å². The molecule has 0 unspecified atom stereocenters. The van der Waals surface area contributed by atoms with Gasteiger partial charge in [0.05, 0.1) is 28.5 Å². The molecule has 5 heteroatoms. The van der Waals surface area contributed by atoms with Crippen LogP contribution in [-0.4, -0.2) is 19.6 Å². The van der Waals surface area contributed by atoms with Crippen LogP contribution in [0.25, 0.3) is 83.2 Å². The summed E-state index contributed by atoms with van der Waals surface area (Å²) in [6.45, 7) is 4.55. The Morgan fingerprint density at radius 1 is 0.574 bits per heavy atom. The Kier molecular flexibility index (Phi) is 7.24. The Morgan fingerprint density at radius 2 is 1.24 bits per heavy atom. The number of nitrogens with zero attached hydrogens (tertiary/aromatic N) is 3. The van der Waals surface area contributed by atoms with Gasteiger partial charge in [-0.15, -0.1) is 0 Å². The van der Waals surface area contributed by atoms with Gasteiger partial charge in [0.2, 0.25) is 0 Å². The van der Waals surface area contributed by atoms with Gasteiger partial charge in [-0.3, -0.25) is 9.55 Å². The molecule has 5 nitrogen and oxygen atoms in total. The van der Waals surface area contributed by atoms with E-state index in [1.165, 1.54) is 10.9 Å². The van der Waals surface area contributed by atoms with E-state index in [1.54, 1.807) is 6.07 Å². The normalized spacial score (nSPS) is 12.0. The van der Waals surface area contributed by atoms with Gasteiger partial charge in [-0.1, -0.05) is 117 Å². The number of imidazole rings is 1. The Bertz CT molecular complexity index is 3030. The van der Waals surface area contributed by atoms with E-state index < -0.39 is 0 Å². The smallest absolute Gasteiger partial charge is 0.153 e. The Morgan fingerprint density at radius 3 is 2.04 bits per heavy atom. The van der Waals surface area contributed by atoms with E-state index >= 15 is 0 Å². The minimum absolute atomic E-state index is 0.182. The fourth-order valence-corrected chi connectivity index (χ4v) is 7.85. The molecule has 0 spiro atoms. The maximum atomic E-state index is 11.1. The van der Waals surface area contributed by atoms with Crippen molar-refractivity contribution in [1.82, 2.24) is 14.5 Å². The first-order chi connectivity index (χ1) is 26.4. The molecule has 7 aromatic carbocycles. The highest BCUT2D eigenvalue weighted by Gasteiger charge is 2.26. The van der Waals surface area contributed by atoms with Gasteiger partial charge in [0.15, 0.2) is 5.58 Å². The molecule has 0 aliphatic rings. The van der Waals surface area contributed by atoms with Gasteiger partial charge >= 0.3 is 0 Å². The van der Waals surface area contributed by atoms with Crippen molar-refractivity contribution in [1.29, 1.82) is 0 Å². The zero-order chi connectivity index (χ0) is 36.4. The molecule has 0 aliphatic heterocycles. The van der Waals surface area contributed by atoms with Crippen LogP contribution >= 0.6 is 0 Å². The molecule has 0 saturated heterocycles. The molecule has 10 rings (SSSR count). The van der Waals surface area contributed by atoms with Crippen LogP contribution in [0.1, 0.15) is 25.0 Å². The second kappa shape index (κ2) is 12.3. The third-order valence-electron chi connectivity index (χ3n) is 10.8. The maximum absolute atomic E-state index is 11.1. The van der Waals surface area contributed by atoms with E-state index in [0.717, 1.165) is 72.0 Å². The summed E-state index contributed by atoms with van der Waals surface area (Å²) in [4.78, 5) is 10.3. The molecular formula is C49H35N3O2. The van der Waals surface area contributed by atoms with Crippen molar-refractivity contribution in [3.8, 4) is 45.2 Å². The molecule has 0 bridgehead atoms. The lowest BCUT2D eigenvalue weighted by Gasteiger charge is -2.27. The second-order valence-corrected chi connectivity index (χ2v) is 14.5. The quantitative estimate of drug-likeness (QED) is 0.188. The van der Waals surface area contributed by atoms with Crippen LogP contribution in [0.15, 0.2) is 174 Å². The first kappa shape index (κ1) is 31.7. The highest BCUT2D eigenvalue weighted by Crippen LogP contribution is 2.42. The summed E-state index contributed by atoms with van der Waals surface area (Å²) in [5, 5.41) is 15.5. The van der Waals surface area contributed by atoms with E-state index in [4.69, 9.17) is 14.4 Å². The molecule has 0 atom stereocenters. The number of aromatic hydroxyl groups is 1. The van der Waals surface area contributed by atoms with Gasteiger partial charge in [-0.25, -0.2) is 4.98 Å². The zero-order valence-corrected chi connectivity index (χ0v) is 29.9. The molecule has 54 heavy (non-hydrogen) atoms. The number of para-hydroxylation sites is 3. The van der Waals surface area contributed by atoms with E-state index in [-0.39, 0.29) is 11.2 Å². The lowest BCUT2D eigenvalue weighted by atomic mass is 9.76. The lowest BCUT2D eigenvalue weighted by Crippen LogP contribution is -2.19. The number of phenolic OH excluding ortho intramolecular Hbond substituents is 1. The summed E-state index contributed by atoms with van der Waals surface area (Å²) in [5.74, 6) is 0.857. The molecule has 258 valence electrons. The van der Waals surface area contributed by atoms with Crippen molar-refractivity contribution in [3.63, 3.8) is 0 Å². The number of benzene rings is 7. The van der Waals surface area contributed by atoms with Gasteiger partial charge in [0.25, 0.3) is 0 Å². The van der Waals surface area contributed by atoms with Crippen LogP contribution in [0.4, 0.5) is 0 Å². The average Bonchev–Trinajstić information content (AvgIpc) is 3.78. The van der Waals surface area contributed by atoms with Crippen LogP contribution < -0.4 is 0 Å². The minimum Gasteiger partial charge on any atom is -0.507 e. The minimum atomic E-state index is -0.324. The summed E-state index contributed by atoms with van der Waals surface area (Å²) in [6, 6.07) is 56.2. The molecule has 0 radical (unpaired) electrons. The number of phenols is 1. The van der Waals surface area contributed by atoms with Crippen LogP contribution in [0.3, 0.4) is 0 Å². The van der Waals surface area contributed by atoms with Gasteiger partial charge in [0.1, 0.15) is 17.2 Å². The monoisotopic (exact) mass is 697 g/mol. The molecular weight excluding hydrogens is 663 g/mol. The molecule has 1 N–H and O–H groups in total. The third kappa shape index (κ3) is 5.16. The van der Waals surface area contributed by atoms with Gasteiger partial charge in [-0.05, 0) is 88.1 Å². The number of rotatable bonds is 6. The Balaban J connectivity index is 1.22. The van der Waals surface area contributed by atoms with E-state index in [1.807, 2.05) is 42.6 Å². The highest BCUT2D eigenvalue weighted by atomic mass is 16.3. The van der Waals surface area contributed by atoms with Crippen molar-refractivity contribution in [2.24, 2.45) is 0 Å². The third-order valence-corrected chi connectivity index (χ3v) is 10.8. The molecule has 3 aromatic heterocycles. The first-order valence-electron chi connectivity index (χ1n) is 18.2. The summed E-state index contributed by atoms with van der Waals surface area (Å²) in [7, 11) is 0. The summed E-state index contributed by atoms with van der Waals surface area (Å²) in [6.07, 6.45) is 1.85. The summed E-state index contributed by atoms with van der Waals surface area (Å²) in [5.41, 5.74) is 11.0. The number of fused-ring (bicyclic) bond motifs is 5. The van der Waals surface area contributed by atoms with Gasteiger partial charge in [0, 0.05) is 33.0 Å². The summed E-state index contributed by atoms with van der Waals surface area (Å²) < 4.78 is 8.47. The van der Waals surface area contributed by atoms with Crippen LogP contribution in [0.5, 0.6) is 5.75 Å². The zero-order valence-electron chi connectivity index (χ0n) is 29.9. The molecule has 3 heterocycles. The predicted octanol–water partition coefficient (Wildman–Crippen LogP) is 12.5. The van der Waals surface area contributed by atoms with E-state index in [2.05, 4.69) is 140 Å². The Hall–Kier alpha value is -6.98. The average molecular weight is 698 g/mol. The number of pyridine rings is 1. The van der Waals surface area contributed by atoms with Crippen LogP contribution in [-0.2, 0) is 5.41 Å². The molecule has 10 aromatic rings. The van der Waals surface area contributed by atoms with E-state index in [9.17, 15) is 5.11 Å². The van der Waals surface area contributed by atoms with Crippen LogP contribution in [0.2, 0.25) is 0 Å². The van der Waals surface area contributed by atoms with Crippen molar-refractivity contribution >= 4 is 43.7 Å². The lowest BCUT2D eigenvalue weighted by molar-refractivity contribution is 0.477. The fraction of sp³-hybridized carbons (Fsp3) is 0.0612. The largest absolute Gasteiger partial charge is 0.507 e. The second-order valence-electron chi connectivity index (χ2n) is 14.5. The maximum Gasteiger partial charge on any atom is 0.153 e. The van der Waals surface area contributed by atoms with Crippen molar-refractivity contribution in [2.75, 3.05) is 0 Å². The molecule has 0 amide bonds. The molecule has 0 saturated carbocycles. The number of hydrogen-bond acceptors (Lipinski definition) is 4. The predicted molar refractivity (Wildman–Crippen MR) is 220 cm³/mol. The highest BCUT2D eigenvalue weighted by molar-refractivity contribution is 6.10. The Labute approximate surface area is 312 Å². The number of aromatic nitrogens is 3. The van der Waals surface area contributed by atoms with Crippen molar-refractivity contribution in [3.05, 3.63) is 181 Å². The molecule has 0 aliphatic carbocycles. The van der Waals surface area contributed by atoms with Gasteiger partial charge in [-0.2, -0.15) is 0 Å². The first-order valence-corrected chi connectivity index (χ1v) is 18.2.